The van der Waals surface area contributed by atoms with Crippen molar-refractivity contribution in [2.75, 3.05) is 17.2 Å². The largest absolute Gasteiger partial charge is 0.322 e. The summed E-state index contributed by atoms with van der Waals surface area (Å²) in [7, 11) is 0. The van der Waals surface area contributed by atoms with Gasteiger partial charge in [-0.2, -0.15) is 5.10 Å². The molecule has 0 fully saturated rings. The number of nitrogens with zero attached hydrogens (tertiary/aromatic N) is 3. The van der Waals surface area contributed by atoms with Crippen molar-refractivity contribution in [3.63, 3.8) is 0 Å². The van der Waals surface area contributed by atoms with E-state index in [9.17, 15) is 9.59 Å². The van der Waals surface area contributed by atoms with Crippen molar-refractivity contribution >= 4 is 23.4 Å². The minimum absolute atomic E-state index is 0.128. The number of carbonyl (C=O) groups excluding carboxylic acids is 2. The molecule has 7 nitrogen and oxygen atoms in total. The topological polar surface area (TPSA) is 79.3 Å². The molecule has 1 aromatic heterocycles. The van der Waals surface area contributed by atoms with E-state index in [-0.39, 0.29) is 30.4 Å². The van der Waals surface area contributed by atoms with E-state index in [0.29, 0.717) is 11.5 Å². The van der Waals surface area contributed by atoms with Crippen molar-refractivity contribution in [3.05, 3.63) is 107 Å². The fourth-order valence-electron chi connectivity index (χ4n) is 4.00. The van der Waals surface area contributed by atoms with Crippen LogP contribution in [0.15, 0.2) is 84.9 Å². The van der Waals surface area contributed by atoms with E-state index in [1.807, 2.05) is 98.8 Å². The molecule has 0 unspecified atom stereocenters. The van der Waals surface area contributed by atoms with Crippen LogP contribution in [-0.2, 0) is 16.8 Å². The predicted octanol–water partition coefficient (Wildman–Crippen LogP) is 6.46. The Morgan fingerprint density at radius 3 is 2.21 bits per heavy atom. The maximum atomic E-state index is 13.3. The lowest BCUT2D eigenvalue weighted by Gasteiger charge is -2.23. The number of hydrogen-bond donors (Lipinski definition) is 2. The zero-order valence-corrected chi connectivity index (χ0v) is 22.7. The zero-order chi connectivity index (χ0) is 27.3. The fourth-order valence-corrected chi connectivity index (χ4v) is 4.00. The highest BCUT2D eigenvalue weighted by atomic mass is 16.2. The van der Waals surface area contributed by atoms with Crippen LogP contribution in [0, 0.1) is 13.8 Å². The molecule has 0 saturated carbocycles. The first-order valence-corrected chi connectivity index (χ1v) is 12.7. The number of carbonyl (C=O) groups is 2. The average molecular weight is 510 g/mol. The first kappa shape index (κ1) is 26.7. The number of urea groups is 1. The highest BCUT2D eigenvalue weighted by Gasteiger charge is 2.23. The molecule has 0 atom stereocenters. The van der Waals surface area contributed by atoms with Crippen molar-refractivity contribution in [2.45, 2.75) is 46.6 Å². The number of anilines is 2. The van der Waals surface area contributed by atoms with Crippen LogP contribution in [0.4, 0.5) is 16.3 Å². The lowest BCUT2D eigenvalue weighted by Crippen LogP contribution is -2.40. The molecular formula is C31H35N5O2. The number of hydrogen-bond acceptors (Lipinski definition) is 3. The Bertz CT molecular complexity index is 1400. The normalized spacial score (nSPS) is 11.2. The second-order valence-electron chi connectivity index (χ2n) is 10.6. The van der Waals surface area contributed by atoms with E-state index in [2.05, 4.69) is 31.4 Å². The van der Waals surface area contributed by atoms with Crippen molar-refractivity contribution < 1.29 is 9.59 Å². The summed E-state index contributed by atoms with van der Waals surface area (Å²) in [6.45, 7) is 10.4. The number of amides is 3. The third-order valence-electron chi connectivity index (χ3n) is 6.13. The van der Waals surface area contributed by atoms with E-state index in [1.54, 1.807) is 4.68 Å². The Kier molecular flexibility index (Phi) is 7.96. The number of nitrogens with one attached hydrogen (secondary N) is 2. The maximum absolute atomic E-state index is 13.3. The summed E-state index contributed by atoms with van der Waals surface area (Å²) in [6.07, 6.45) is 0. The van der Waals surface area contributed by atoms with Gasteiger partial charge in [-0.25, -0.2) is 9.48 Å². The molecule has 196 valence electrons. The predicted molar refractivity (Wildman–Crippen MR) is 153 cm³/mol. The second-order valence-corrected chi connectivity index (χ2v) is 10.6. The van der Waals surface area contributed by atoms with Crippen LogP contribution < -0.4 is 10.6 Å². The molecule has 38 heavy (non-hydrogen) atoms. The van der Waals surface area contributed by atoms with Crippen LogP contribution in [0.3, 0.4) is 0 Å². The summed E-state index contributed by atoms with van der Waals surface area (Å²) in [5.74, 6) is 0.247. The number of aryl methyl sites for hydroxylation is 2. The molecule has 4 rings (SSSR count). The summed E-state index contributed by atoms with van der Waals surface area (Å²) in [6, 6.07) is 26.7. The van der Waals surface area contributed by atoms with Gasteiger partial charge in [-0.1, -0.05) is 80.9 Å². The summed E-state index contributed by atoms with van der Waals surface area (Å²) < 4.78 is 1.74. The highest BCUT2D eigenvalue weighted by molar-refractivity contribution is 5.96. The fraction of sp³-hybridized carbons (Fsp3) is 0.258. The van der Waals surface area contributed by atoms with Crippen LogP contribution in [-0.4, -0.2) is 33.2 Å². The molecular weight excluding hydrogens is 474 g/mol. The summed E-state index contributed by atoms with van der Waals surface area (Å²) in [4.78, 5) is 28.1. The maximum Gasteiger partial charge on any atom is 0.322 e. The third kappa shape index (κ3) is 6.88. The molecule has 0 aliphatic carbocycles. The van der Waals surface area contributed by atoms with Crippen molar-refractivity contribution in [3.8, 4) is 5.69 Å². The van der Waals surface area contributed by atoms with Crippen LogP contribution in [0.2, 0.25) is 0 Å². The molecule has 0 saturated heterocycles. The quantitative estimate of drug-likeness (QED) is 0.300. The van der Waals surface area contributed by atoms with E-state index >= 15 is 0 Å². The van der Waals surface area contributed by atoms with Gasteiger partial charge in [-0.3, -0.25) is 4.79 Å². The highest BCUT2D eigenvalue weighted by Crippen LogP contribution is 2.26. The van der Waals surface area contributed by atoms with Crippen molar-refractivity contribution in [1.82, 2.24) is 14.7 Å². The monoisotopic (exact) mass is 509 g/mol. The number of aromatic nitrogens is 2. The van der Waals surface area contributed by atoms with Gasteiger partial charge in [0.05, 0.1) is 11.4 Å². The molecule has 0 radical (unpaired) electrons. The molecule has 7 heteroatoms. The summed E-state index contributed by atoms with van der Waals surface area (Å²) in [5.41, 5.74) is 5.28. The third-order valence-corrected chi connectivity index (χ3v) is 6.13. The van der Waals surface area contributed by atoms with Gasteiger partial charge in [0.2, 0.25) is 5.91 Å². The molecule has 4 aromatic rings. The first-order chi connectivity index (χ1) is 18.1. The van der Waals surface area contributed by atoms with Crippen LogP contribution >= 0.6 is 0 Å². The molecule has 3 aromatic carbocycles. The number of rotatable bonds is 7. The van der Waals surface area contributed by atoms with Gasteiger partial charge in [0.15, 0.2) is 0 Å². The molecule has 2 N–H and O–H groups in total. The van der Waals surface area contributed by atoms with Crippen molar-refractivity contribution in [1.29, 1.82) is 0 Å². The number of benzene rings is 3. The summed E-state index contributed by atoms with van der Waals surface area (Å²) in [5, 5.41) is 10.7. The molecule has 3 amide bonds. The Morgan fingerprint density at radius 1 is 0.842 bits per heavy atom. The van der Waals surface area contributed by atoms with Gasteiger partial charge in [0.25, 0.3) is 0 Å². The van der Waals surface area contributed by atoms with Crippen molar-refractivity contribution in [2.24, 2.45) is 0 Å². The van der Waals surface area contributed by atoms with Gasteiger partial charge in [-0.05, 0) is 49.2 Å². The molecule has 0 aliphatic heterocycles. The molecule has 0 bridgehead atoms. The first-order valence-electron chi connectivity index (χ1n) is 12.7. The van der Waals surface area contributed by atoms with Gasteiger partial charge in [-0.15, -0.1) is 0 Å². The van der Waals surface area contributed by atoms with Crippen LogP contribution in [0.5, 0.6) is 0 Å². The Balaban J connectivity index is 1.58. The van der Waals surface area contributed by atoms with Gasteiger partial charge < -0.3 is 15.5 Å². The van der Waals surface area contributed by atoms with Gasteiger partial charge in [0, 0.05) is 23.7 Å². The van der Waals surface area contributed by atoms with E-state index < -0.39 is 0 Å². The Labute approximate surface area is 224 Å². The van der Waals surface area contributed by atoms with E-state index in [4.69, 9.17) is 5.10 Å². The molecule has 0 spiro atoms. The minimum Gasteiger partial charge on any atom is -0.311 e. The van der Waals surface area contributed by atoms with Crippen LogP contribution in [0.25, 0.3) is 5.69 Å². The standard InChI is InChI=1S/C31H35N5O2/c1-22-14-16-26(17-15-22)36-28(19-27(34-36)31(3,4)5)33-29(37)21-35(20-24-11-7-6-8-12-24)30(38)32-25-13-9-10-23(2)18-25/h6-19H,20-21H2,1-5H3,(H,32,38)(H,33,37). The van der Waals surface area contributed by atoms with Gasteiger partial charge in [0.1, 0.15) is 12.4 Å². The Morgan fingerprint density at radius 2 is 1.55 bits per heavy atom. The van der Waals surface area contributed by atoms with E-state index in [1.165, 1.54) is 4.90 Å². The lowest BCUT2D eigenvalue weighted by molar-refractivity contribution is -0.116. The lowest BCUT2D eigenvalue weighted by atomic mass is 9.92. The SMILES string of the molecule is Cc1ccc(-n2nc(C(C)(C)C)cc2NC(=O)CN(Cc2ccccc2)C(=O)Nc2cccc(C)c2)cc1. The van der Waals surface area contributed by atoms with E-state index in [0.717, 1.165) is 28.1 Å². The molecule has 0 aliphatic rings. The zero-order valence-electron chi connectivity index (χ0n) is 22.7. The average Bonchev–Trinajstić information content (AvgIpc) is 3.29. The van der Waals surface area contributed by atoms with Crippen LogP contribution in [0.1, 0.15) is 43.2 Å². The Hall–Kier alpha value is -4.39. The van der Waals surface area contributed by atoms with Gasteiger partial charge >= 0.3 is 6.03 Å². The summed E-state index contributed by atoms with van der Waals surface area (Å²) >= 11 is 0. The molecule has 1 heterocycles. The smallest absolute Gasteiger partial charge is 0.311 e. The minimum atomic E-state index is -0.350. The second kappa shape index (κ2) is 11.3.